The van der Waals surface area contributed by atoms with Gasteiger partial charge in [-0.2, -0.15) is 0 Å². The first-order valence-electron chi connectivity index (χ1n) is 5.83. The van der Waals surface area contributed by atoms with Crippen molar-refractivity contribution in [1.82, 2.24) is 10.6 Å². The van der Waals surface area contributed by atoms with E-state index in [9.17, 15) is 14.9 Å². The smallest absolute Gasteiger partial charge is 0.269 e. The van der Waals surface area contributed by atoms with Crippen molar-refractivity contribution >= 4 is 24.0 Å². The number of halogens is 1. The average Bonchev–Trinajstić information content (AvgIpc) is 2.26. The number of rotatable bonds is 4. The molecule has 2 N–H and O–H groups in total. The Bertz CT molecular complexity index is 477. The molecule has 1 fully saturated rings. The zero-order valence-corrected chi connectivity index (χ0v) is 11.3. The number of nitrogens with one attached hydrogen (secondary N) is 2. The number of carbonyl (C=O) groups excluding carboxylic acids is 1. The zero-order chi connectivity index (χ0) is 13.1. The zero-order valence-electron chi connectivity index (χ0n) is 10.5. The Balaban J connectivity index is 0.00000180. The van der Waals surface area contributed by atoms with Gasteiger partial charge in [0.2, 0.25) is 5.91 Å². The van der Waals surface area contributed by atoms with Crippen LogP contribution in [0.15, 0.2) is 24.3 Å². The van der Waals surface area contributed by atoms with Crippen LogP contribution >= 0.6 is 12.4 Å². The van der Waals surface area contributed by atoms with Crippen molar-refractivity contribution in [3.05, 3.63) is 39.9 Å². The van der Waals surface area contributed by atoms with E-state index in [-0.39, 0.29) is 36.0 Å². The third-order valence-electron chi connectivity index (χ3n) is 3.09. The van der Waals surface area contributed by atoms with Crippen molar-refractivity contribution in [2.75, 3.05) is 13.1 Å². The molecule has 0 radical (unpaired) electrons. The lowest BCUT2D eigenvalue weighted by molar-refractivity contribution is -0.384. The van der Waals surface area contributed by atoms with Gasteiger partial charge >= 0.3 is 0 Å². The maximum Gasteiger partial charge on any atom is 0.269 e. The van der Waals surface area contributed by atoms with Crippen LogP contribution in [0.5, 0.6) is 0 Å². The lowest BCUT2D eigenvalue weighted by atomic mass is 10.0. The van der Waals surface area contributed by atoms with Crippen LogP contribution in [-0.2, 0) is 4.79 Å². The fourth-order valence-electron chi connectivity index (χ4n) is 1.80. The van der Waals surface area contributed by atoms with E-state index in [2.05, 4.69) is 10.6 Å². The molecule has 7 heteroatoms. The summed E-state index contributed by atoms with van der Waals surface area (Å²) in [5, 5.41) is 16.6. The van der Waals surface area contributed by atoms with Crippen molar-refractivity contribution in [3.63, 3.8) is 0 Å². The van der Waals surface area contributed by atoms with Crippen molar-refractivity contribution in [1.29, 1.82) is 0 Å². The molecule has 1 amide bonds. The fourth-order valence-corrected chi connectivity index (χ4v) is 1.80. The van der Waals surface area contributed by atoms with Crippen LogP contribution in [0.3, 0.4) is 0 Å². The molecule has 1 aromatic carbocycles. The van der Waals surface area contributed by atoms with Gasteiger partial charge in [0, 0.05) is 25.2 Å². The minimum Gasteiger partial charge on any atom is -0.349 e. The summed E-state index contributed by atoms with van der Waals surface area (Å²) in [4.78, 5) is 22.0. The molecule has 1 aliphatic rings. The number of hydrogen-bond acceptors (Lipinski definition) is 4. The molecule has 1 atom stereocenters. The molecule has 0 bridgehead atoms. The standard InChI is InChI=1S/C12H15N3O3.ClH/c1-8(14-12(16)10-6-13-7-10)9-3-2-4-11(5-9)15(17)18;/h2-5,8,10,13H,6-7H2,1H3,(H,14,16);1H. The number of nitro groups is 1. The summed E-state index contributed by atoms with van der Waals surface area (Å²) >= 11 is 0. The second kappa shape index (κ2) is 6.49. The van der Waals surface area contributed by atoms with Crippen molar-refractivity contribution in [2.24, 2.45) is 5.92 Å². The molecule has 0 aliphatic carbocycles. The molecule has 19 heavy (non-hydrogen) atoms. The number of non-ortho nitro benzene ring substituents is 1. The fraction of sp³-hybridized carbons (Fsp3) is 0.417. The van der Waals surface area contributed by atoms with E-state index in [0.717, 1.165) is 5.56 Å². The number of nitro benzene ring substituents is 1. The molecular formula is C12H16ClN3O3. The van der Waals surface area contributed by atoms with Gasteiger partial charge in [0.05, 0.1) is 16.9 Å². The lowest BCUT2D eigenvalue weighted by Gasteiger charge is -2.27. The lowest BCUT2D eigenvalue weighted by Crippen LogP contribution is -2.51. The number of benzene rings is 1. The molecule has 1 unspecified atom stereocenters. The first-order valence-corrected chi connectivity index (χ1v) is 5.83. The molecular weight excluding hydrogens is 270 g/mol. The van der Waals surface area contributed by atoms with Crippen molar-refractivity contribution in [3.8, 4) is 0 Å². The van der Waals surface area contributed by atoms with E-state index in [0.29, 0.717) is 13.1 Å². The van der Waals surface area contributed by atoms with Crippen LogP contribution < -0.4 is 10.6 Å². The van der Waals surface area contributed by atoms with Gasteiger partial charge in [0.25, 0.3) is 5.69 Å². The quantitative estimate of drug-likeness (QED) is 0.647. The van der Waals surface area contributed by atoms with E-state index in [4.69, 9.17) is 0 Å². The summed E-state index contributed by atoms with van der Waals surface area (Å²) in [5.41, 5.74) is 0.781. The topological polar surface area (TPSA) is 84.3 Å². The van der Waals surface area contributed by atoms with Crippen LogP contribution in [0.25, 0.3) is 0 Å². The molecule has 1 aromatic rings. The van der Waals surface area contributed by atoms with E-state index in [1.54, 1.807) is 12.1 Å². The summed E-state index contributed by atoms with van der Waals surface area (Å²) < 4.78 is 0. The Labute approximate surface area is 117 Å². The highest BCUT2D eigenvalue weighted by molar-refractivity contribution is 5.85. The van der Waals surface area contributed by atoms with E-state index < -0.39 is 4.92 Å². The van der Waals surface area contributed by atoms with Gasteiger partial charge < -0.3 is 10.6 Å². The second-order valence-corrected chi connectivity index (χ2v) is 4.44. The van der Waals surface area contributed by atoms with E-state index >= 15 is 0 Å². The highest BCUT2D eigenvalue weighted by Gasteiger charge is 2.26. The Morgan fingerprint density at radius 3 is 2.74 bits per heavy atom. The van der Waals surface area contributed by atoms with Crippen LogP contribution in [0.1, 0.15) is 18.5 Å². The highest BCUT2D eigenvalue weighted by atomic mass is 35.5. The Hall–Kier alpha value is -1.66. The average molecular weight is 286 g/mol. The Morgan fingerprint density at radius 1 is 1.53 bits per heavy atom. The Kier molecular flexibility index (Phi) is 5.26. The third-order valence-corrected chi connectivity index (χ3v) is 3.09. The molecule has 0 aromatic heterocycles. The van der Waals surface area contributed by atoms with E-state index in [1.165, 1.54) is 12.1 Å². The summed E-state index contributed by atoms with van der Waals surface area (Å²) in [6.07, 6.45) is 0. The molecule has 1 saturated heterocycles. The molecule has 1 aliphatic heterocycles. The van der Waals surface area contributed by atoms with Crippen LogP contribution in [0.2, 0.25) is 0 Å². The molecule has 104 valence electrons. The summed E-state index contributed by atoms with van der Waals surface area (Å²) in [7, 11) is 0. The summed E-state index contributed by atoms with van der Waals surface area (Å²) in [6.45, 7) is 3.23. The molecule has 2 rings (SSSR count). The highest BCUT2D eigenvalue weighted by Crippen LogP contribution is 2.19. The van der Waals surface area contributed by atoms with Crippen molar-refractivity contribution < 1.29 is 9.72 Å². The second-order valence-electron chi connectivity index (χ2n) is 4.44. The van der Waals surface area contributed by atoms with Crippen molar-refractivity contribution in [2.45, 2.75) is 13.0 Å². The molecule has 0 spiro atoms. The third kappa shape index (κ3) is 3.65. The normalized spacial score (nSPS) is 15.8. The van der Waals surface area contributed by atoms with Gasteiger partial charge in [0.1, 0.15) is 0 Å². The van der Waals surface area contributed by atoms with Crippen LogP contribution in [-0.4, -0.2) is 23.9 Å². The van der Waals surface area contributed by atoms with Crippen LogP contribution in [0.4, 0.5) is 5.69 Å². The number of amides is 1. The predicted octanol–water partition coefficient (Wildman–Crippen LogP) is 1.41. The SMILES string of the molecule is CC(NC(=O)C1CNC1)c1cccc([N+](=O)[O-])c1.Cl. The first kappa shape index (κ1) is 15.4. The maximum atomic E-state index is 11.7. The van der Waals surface area contributed by atoms with E-state index in [1.807, 2.05) is 6.92 Å². The monoisotopic (exact) mass is 285 g/mol. The first-order chi connectivity index (χ1) is 8.58. The molecule has 1 heterocycles. The van der Waals surface area contributed by atoms with Gasteiger partial charge in [-0.1, -0.05) is 12.1 Å². The van der Waals surface area contributed by atoms with Gasteiger partial charge in [0.15, 0.2) is 0 Å². The number of carbonyl (C=O) groups is 1. The number of hydrogen-bond donors (Lipinski definition) is 2. The summed E-state index contributed by atoms with van der Waals surface area (Å²) in [5.74, 6) is 0.0129. The molecule has 0 saturated carbocycles. The van der Waals surface area contributed by atoms with Gasteiger partial charge in [-0.05, 0) is 12.5 Å². The Morgan fingerprint density at radius 2 is 2.21 bits per heavy atom. The van der Waals surface area contributed by atoms with Gasteiger partial charge in [-0.25, -0.2) is 0 Å². The summed E-state index contributed by atoms with van der Waals surface area (Å²) in [6, 6.07) is 6.11. The number of nitrogens with zero attached hydrogens (tertiary/aromatic N) is 1. The maximum absolute atomic E-state index is 11.7. The predicted molar refractivity (Wildman–Crippen MR) is 73.3 cm³/mol. The minimum absolute atomic E-state index is 0. The molecule has 6 nitrogen and oxygen atoms in total. The van der Waals surface area contributed by atoms with Crippen LogP contribution in [0, 0.1) is 16.0 Å². The van der Waals surface area contributed by atoms with Gasteiger partial charge in [-0.15, -0.1) is 12.4 Å². The minimum atomic E-state index is -0.437. The van der Waals surface area contributed by atoms with Gasteiger partial charge in [-0.3, -0.25) is 14.9 Å². The largest absolute Gasteiger partial charge is 0.349 e.